The lowest BCUT2D eigenvalue weighted by atomic mass is 10.1. The predicted octanol–water partition coefficient (Wildman–Crippen LogP) is 4.62. The van der Waals surface area contributed by atoms with Crippen molar-refractivity contribution in [2.75, 3.05) is 5.32 Å². The van der Waals surface area contributed by atoms with Gasteiger partial charge < -0.3 is 5.32 Å². The van der Waals surface area contributed by atoms with Crippen LogP contribution in [0.1, 0.15) is 18.1 Å². The molecule has 1 aromatic heterocycles. The van der Waals surface area contributed by atoms with Gasteiger partial charge in [0.1, 0.15) is 5.03 Å². The largest absolute Gasteiger partial charge is 0.325 e. The summed E-state index contributed by atoms with van der Waals surface area (Å²) in [5.74, 6) is -0.169. The molecule has 1 N–H and O–H groups in total. The Bertz CT molecular complexity index is 1080. The van der Waals surface area contributed by atoms with Crippen LogP contribution in [0.5, 0.6) is 0 Å². The van der Waals surface area contributed by atoms with Crippen LogP contribution in [-0.4, -0.2) is 20.9 Å². The summed E-state index contributed by atoms with van der Waals surface area (Å²) >= 11 is 7.23. The van der Waals surface area contributed by atoms with Gasteiger partial charge in [0, 0.05) is 16.8 Å². The van der Waals surface area contributed by atoms with Gasteiger partial charge in [0.2, 0.25) is 5.91 Å². The molecule has 144 valence electrons. The molecule has 0 saturated carbocycles. The molecule has 1 heterocycles. The number of aromatic nitrogens is 2. The number of thioether (sulfide) groups is 1. The van der Waals surface area contributed by atoms with Crippen LogP contribution in [0.25, 0.3) is 5.69 Å². The number of carbonyl (C=O) groups excluding carboxylic acids is 1. The lowest BCUT2D eigenvalue weighted by Crippen LogP contribution is -2.24. The third kappa shape index (κ3) is 4.82. The summed E-state index contributed by atoms with van der Waals surface area (Å²) in [5, 5.41) is 8.00. The molecule has 2 aromatic carbocycles. The zero-order valence-electron chi connectivity index (χ0n) is 15.8. The second kappa shape index (κ2) is 8.63. The molecule has 0 saturated heterocycles. The minimum absolute atomic E-state index is 0.169. The van der Waals surface area contributed by atoms with E-state index in [1.54, 1.807) is 37.3 Å². The summed E-state index contributed by atoms with van der Waals surface area (Å²) in [6, 6.07) is 15.8. The first-order chi connectivity index (χ1) is 13.3. The van der Waals surface area contributed by atoms with Crippen molar-refractivity contribution in [3.63, 3.8) is 0 Å². The summed E-state index contributed by atoms with van der Waals surface area (Å²) in [5.41, 5.74) is 3.35. The van der Waals surface area contributed by atoms with E-state index in [0.29, 0.717) is 21.4 Å². The Hall–Kier alpha value is -2.57. The molecule has 0 bridgehead atoms. The number of nitrogens with one attached hydrogen (secondary N) is 1. The van der Waals surface area contributed by atoms with Crippen molar-refractivity contribution in [1.82, 2.24) is 9.78 Å². The average Bonchev–Trinajstić information content (AvgIpc) is 2.65. The molecule has 0 spiro atoms. The number of hydrogen-bond donors (Lipinski definition) is 1. The zero-order valence-corrected chi connectivity index (χ0v) is 17.3. The molecule has 3 aromatic rings. The Morgan fingerprint density at radius 2 is 1.89 bits per heavy atom. The van der Waals surface area contributed by atoms with Gasteiger partial charge in [-0.1, -0.05) is 35.5 Å². The molecule has 28 heavy (non-hydrogen) atoms. The van der Waals surface area contributed by atoms with Crippen LogP contribution in [-0.2, 0) is 4.79 Å². The number of amides is 1. The van der Waals surface area contributed by atoms with Crippen LogP contribution in [0.2, 0.25) is 5.02 Å². The van der Waals surface area contributed by atoms with Gasteiger partial charge in [0.15, 0.2) is 0 Å². The fourth-order valence-corrected chi connectivity index (χ4v) is 3.54. The van der Waals surface area contributed by atoms with Crippen molar-refractivity contribution < 1.29 is 4.79 Å². The van der Waals surface area contributed by atoms with Crippen molar-refractivity contribution in [3.05, 3.63) is 81.1 Å². The quantitative estimate of drug-likeness (QED) is 0.620. The van der Waals surface area contributed by atoms with Gasteiger partial charge in [0.25, 0.3) is 5.56 Å². The molecule has 7 heteroatoms. The third-order valence-corrected chi connectivity index (χ3v) is 5.53. The lowest BCUT2D eigenvalue weighted by molar-refractivity contribution is -0.115. The van der Waals surface area contributed by atoms with Crippen molar-refractivity contribution in [1.29, 1.82) is 0 Å². The minimum Gasteiger partial charge on any atom is -0.325 e. The summed E-state index contributed by atoms with van der Waals surface area (Å²) in [6.45, 7) is 5.80. The first-order valence-electron chi connectivity index (χ1n) is 8.74. The predicted molar refractivity (Wildman–Crippen MR) is 115 cm³/mol. The highest BCUT2D eigenvalue weighted by Gasteiger charge is 2.16. The van der Waals surface area contributed by atoms with E-state index in [1.807, 2.05) is 32.0 Å². The Labute approximate surface area is 172 Å². The van der Waals surface area contributed by atoms with Gasteiger partial charge in [-0.3, -0.25) is 9.59 Å². The molecule has 1 unspecified atom stereocenters. The molecule has 0 aliphatic heterocycles. The van der Waals surface area contributed by atoms with E-state index in [1.165, 1.54) is 22.5 Å². The third-order valence-electron chi connectivity index (χ3n) is 4.27. The van der Waals surface area contributed by atoms with Gasteiger partial charge in [-0.25, -0.2) is 0 Å². The number of hydrogen-bond acceptors (Lipinski definition) is 4. The van der Waals surface area contributed by atoms with E-state index in [9.17, 15) is 9.59 Å². The van der Waals surface area contributed by atoms with Crippen molar-refractivity contribution in [3.8, 4) is 5.69 Å². The number of rotatable bonds is 5. The van der Waals surface area contributed by atoms with E-state index in [2.05, 4.69) is 10.4 Å². The van der Waals surface area contributed by atoms with Gasteiger partial charge in [-0.15, -0.1) is 0 Å². The topological polar surface area (TPSA) is 64.0 Å². The maximum absolute atomic E-state index is 12.5. The summed E-state index contributed by atoms with van der Waals surface area (Å²) in [6.07, 6.45) is 0. The van der Waals surface area contributed by atoms with Gasteiger partial charge in [-0.2, -0.15) is 9.78 Å². The molecule has 0 radical (unpaired) electrons. The maximum Gasteiger partial charge on any atom is 0.271 e. The highest BCUT2D eigenvalue weighted by atomic mass is 35.5. The summed E-state index contributed by atoms with van der Waals surface area (Å²) in [7, 11) is 0. The first kappa shape index (κ1) is 20.2. The number of nitrogens with zero attached hydrogens (tertiary/aromatic N) is 2. The van der Waals surface area contributed by atoms with Crippen LogP contribution in [0, 0.1) is 13.8 Å². The molecule has 1 atom stereocenters. The second-order valence-electron chi connectivity index (χ2n) is 6.45. The molecule has 0 aliphatic carbocycles. The zero-order chi connectivity index (χ0) is 20.3. The van der Waals surface area contributed by atoms with E-state index in [0.717, 1.165) is 11.1 Å². The van der Waals surface area contributed by atoms with Crippen LogP contribution in [0.4, 0.5) is 5.69 Å². The van der Waals surface area contributed by atoms with Crippen LogP contribution >= 0.6 is 23.4 Å². The molecule has 5 nitrogen and oxygen atoms in total. The second-order valence-corrected chi connectivity index (χ2v) is 8.25. The monoisotopic (exact) mass is 413 g/mol. The summed E-state index contributed by atoms with van der Waals surface area (Å²) in [4.78, 5) is 24.7. The molecular weight excluding hydrogens is 394 g/mol. The normalized spacial score (nSPS) is 11.9. The molecule has 0 fully saturated rings. The maximum atomic E-state index is 12.5. The van der Waals surface area contributed by atoms with E-state index < -0.39 is 5.25 Å². The molecule has 0 aliphatic rings. The Balaban J connectivity index is 1.77. The van der Waals surface area contributed by atoms with Crippen molar-refractivity contribution in [2.24, 2.45) is 0 Å². The van der Waals surface area contributed by atoms with Gasteiger partial charge in [0.05, 0.1) is 10.9 Å². The number of halogens is 1. The smallest absolute Gasteiger partial charge is 0.271 e. The van der Waals surface area contributed by atoms with E-state index >= 15 is 0 Å². The highest BCUT2D eigenvalue weighted by molar-refractivity contribution is 8.00. The highest BCUT2D eigenvalue weighted by Crippen LogP contribution is 2.23. The van der Waals surface area contributed by atoms with Gasteiger partial charge >= 0.3 is 0 Å². The Kier molecular flexibility index (Phi) is 6.21. The molecular formula is C21H20ClN3O2S. The lowest BCUT2D eigenvalue weighted by Gasteiger charge is -2.13. The van der Waals surface area contributed by atoms with Crippen LogP contribution in [0.3, 0.4) is 0 Å². The number of anilines is 1. The summed E-state index contributed by atoms with van der Waals surface area (Å²) < 4.78 is 1.36. The Morgan fingerprint density at radius 3 is 2.61 bits per heavy atom. The van der Waals surface area contributed by atoms with Crippen LogP contribution in [0.15, 0.2) is 64.4 Å². The number of carbonyl (C=O) groups is 1. The number of benzene rings is 2. The SMILES string of the molecule is Cc1ccc(-n2nc(SC(C)C(=O)Nc3cccc(Cl)c3)ccc2=O)cc1C. The van der Waals surface area contributed by atoms with Crippen molar-refractivity contribution >= 4 is 35.0 Å². The molecule has 1 amide bonds. The van der Waals surface area contributed by atoms with E-state index in [4.69, 9.17) is 11.6 Å². The minimum atomic E-state index is -0.405. The molecule has 3 rings (SSSR count). The average molecular weight is 414 g/mol. The fraction of sp³-hybridized carbons (Fsp3) is 0.190. The standard InChI is InChI=1S/C21H20ClN3O2S/c1-13-7-8-18(11-14(13)2)25-20(26)10-9-19(24-25)28-15(3)21(27)23-17-6-4-5-16(22)12-17/h4-12,15H,1-3H3,(H,23,27). The Morgan fingerprint density at radius 1 is 1.11 bits per heavy atom. The number of aryl methyl sites for hydroxylation is 2. The van der Waals surface area contributed by atoms with Crippen LogP contribution < -0.4 is 10.9 Å². The van der Waals surface area contributed by atoms with Crippen molar-refractivity contribution in [2.45, 2.75) is 31.0 Å². The fourth-order valence-electron chi connectivity index (χ4n) is 2.54. The first-order valence-corrected chi connectivity index (χ1v) is 10.0. The van der Waals surface area contributed by atoms with Gasteiger partial charge in [-0.05, 0) is 68.3 Å². The van der Waals surface area contributed by atoms with E-state index in [-0.39, 0.29) is 11.5 Å².